The van der Waals surface area contributed by atoms with E-state index in [0.29, 0.717) is 18.7 Å². The van der Waals surface area contributed by atoms with E-state index < -0.39 is 0 Å². The van der Waals surface area contributed by atoms with Crippen LogP contribution in [-0.4, -0.2) is 43.3 Å². The molecule has 1 fully saturated rings. The molecule has 0 saturated heterocycles. The number of hydrogen-bond acceptors (Lipinski definition) is 5. The Bertz CT molecular complexity index is 762. The van der Waals surface area contributed by atoms with Crippen LogP contribution in [0.25, 0.3) is 0 Å². The molecule has 1 aliphatic carbocycles. The third kappa shape index (κ3) is 2.41. The Balaban J connectivity index is 1.53. The van der Waals surface area contributed by atoms with Crippen molar-refractivity contribution in [2.45, 2.75) is 50.9 Å². The molecule has 0 radical (unpaired) electrons. The fraction of sp³-hybridized carbons (Fsp3) is 0.625. The highest BCUT2D eigenvalue weighted by Gasteiger charge is 2.46. The lowest BCUT2D eigenvalue weighted by Crippen LogP contribution is -2.36. The molecule has 24 heavy (non-hydrogen) atoms. The number of aromatic nitrogens is 5. The summed E-state index contributed by atoms with van der Waals surface area (Å²) in [5.41, 5.74) is 2.40. The normalized spacial score (nSPS) is 24.5. The summed E-state index contributed by atoms with van der Waals surface area (Å²) in [6.45, 7) is 4.57. The second-order valence-corrected chi connectivity index (χ2v) is 6.88. The lowest BCUT2D eigenvalue weighted by atomic mass is 9.99. The van der Waals surface area contributed by atoms with E-state index in [1.807, 2.05) is 31.8 Å². The van der Waals surface area contributed by atoms with Gasteiger partial charge in [0.1, 0.15) is 0 Å². The number of fused-ring (bicyclic) bond motifs is 1. The molecule has 0 aromatic carbocycles. The van der Waals surface area contributed by atoms with Crippen LogP contribution >= 0.6 is 0 Å². The highest BCUT2D eigenvalue weighted by Crippen LogP contribution is 2.42. The van der Waals surface area contributed by atoms with Crippen molar-refractivity contribution >= 4 is 5.91 Å². The van der Waals surface area contributed by atoms with E-state index in [1.54, 1.807) is 10.9 Å². The number of carbonyl (C=O) groups is 1. The second kappa shape index (κ2) is 5.41. The summed E-state index contributed by atoms with van der Waals surface area (Å²) >= 11 is 0. The lowest BCUT2D eigenvalue weighted by Gasteiger charge is -2.26. The zero-order valence-electron chi connectivity index (χ0n) is 14.2. The van der Waals surface area contributed by atoms with Crippen molar-refractivity contribution in [1.82, 2.24) is 30.1 Å². The van der Waals surface area contributed by atoms with Gasteiger partial charge >= 0.3 is 0 Å². The number of amides is 1. The number of hydrogen-bond donors (Lipinski definition) is 1. The van der Waals surface area contributed by atoms with Crippen molar-refractivity contribution in [3.8, 4) is 0 Å². The largest absolute Gasteiger partial charge is 0.369 e. The van der Waals surface area contributed by atoms with Crippen molar-refractivity contribution in [2.24, 2.45) is 7.05 Å². The molecule has 8 nitrogen and oxygen atoms in total. The van der Waals surface area contributed by atoms with Crippen molar-refractivity contribution in [3.05, 3.63) is 29.3 Å². The molecule has 2 aromatic rings. The SMILES string of the molecule is C[C@@H]1Cc2c(C(=O)NCC3(n4ccnn4)CC3)nn(C)c2[C@H](C)O1. The Labute approximate surface area is 140 Å². The van der Waals surface area contributed by atoms with Gasteiger partial charge in [-0.25, -0.2) is 4.68 Å². The molecule has 3 heterocycles. The first-order valence-electron chi connectivity index (χ1n) is 8.36. The Morgan fingerprint density at radius 3 is 2.92 bits per heavy atom. The predicted molar refractivity (Wildman–Crippen MR) is 85.4 cm³/mol. The van der Waals surface area contributed by atoms with Crippen LogP contribution in [0.15, 0.2) is 12.4 Å². The van der Waals surface area contributed by atoms with E-state index in [9.17, 15) is 4.79 Å². The second-order valence-electron chi connectivity index (χ2n) is 6.88. The van der Waals surface area contributed by atoms with Gasteiger partial charge in [-0.05, 0) is 26.7 Å². The molecular weight excluding hydrogens is 308 g/mol. The highest BCUT2D eigenvalue weighted by atomic mass is 16.5. The van der Waals surface area contributed by atoms with Crippen LogP contribution in [0, 0.1) is 0 Å². The van der Waals surface area contributed by atoms with E-state index in [-0.39, 0.29) is 23.7 Å². The summed E-state index contributed by atoms with van der Waals surface area (Å²) in [5, 5.41) is 15.4. The molecule has 0 unspecified atom stereocenters. The van der Waals surface area contributed by atoms with Gasteiger partial charge in [0.15, 0.2) is 5.69 Å². The zero-order chi connectivity index (χ0) is 16.9. The molecule has 2 aromatic heterocycles. The Hall–Kier alpha value is -2.22. The monoisotopic (exact) mass is 330 g/mol. The fourth-order valence-corrected chi connectivity index (χ4v) is 3.64. The van der Waals surface area contributed by atoms with Gasteiger partial charge in [-0.15, -0.1) is 5.10 Å². The van der Waals surface area contributed by atoms with Crippen LogP contribution in [-0.2, 0) is 23.7 Å². The molecule has 2 aliphatic rings. The van der Waals surface area contributed by atoms with Crippen LogP contribution in [0.3, 0.4) is 0 Å². The number of nitrogens with zero attached hydrogens (tertiary/aromatic N) is 5. The van der Waals surface area contributed by atoms with Crippen LogP contribution < -0.4 is 5.32 Å². The van der Waals surface area contributed by atoms with Crippen molar-refractivity contribution in [1.29, 1.82) is 0 Å². The van der Waals surface area contributed by atoms with E-state index in [0.717, 1.165) is 24.1 Å². The smallest absolute Gasteiger partial charge is 0.272 e. The minimum absolute atomic E-state index is 0.0484. The van der Waals surface area contributed by atoms with Gasteiger partial charge < -0.3 is 10.1 Å². The summed E-state index contributed by atoms with van der Waals surface area (Å²) in [7, 11) is 1.86. The summed E-state index contributed by atoms with van der Waals surface area (Å²) in [4.78, 5) is 12.7. The molecule has 2 atom stereocenters. The molecule has 1 amide bonds. The van der Waals surface area contributed by atoms with Gasteiger partial charge in [0.05, 0.1) is 29.6 Å². The maximum atomic E-state index is 12.7. The third-order valence-corrected chi connectivity index (χ3v) is 5.04. The van der Waals surface area contributed by atoms with Crippen molar-refractivity contribution in [3.63, 3.8) is 0 Å². The van der Waals surface area contributed by atoms with Crippen LogP contribution in [0.2, 0.25) is 0 Å². The zero-order valence-corrected chi connectivity index (χ0v) is 14.2. The van der Waals surface area contributed by atoms with Gasteiger partial charge in [0.2, 0.25) is 0 Å². The fourth-order valence-electron chi connectivity index (χ4n) is 3.64. The molecule has 8 heteroatoms. The minimum atomic E-state index is -0.125. The average Bonchev–Trinajstić information content (AvgIpc) is 2.97. The van der Waals surface area contributed by atoms with Gasteiger partial charge in [-0.2, -0.15) is 5.10 Å². The standard InChI is InChI=1S/C16H22N6O2/c1-10-8-12-13(19-21(3)14(12)11(2)24-10)15(23)17-9-16(4-5-16)22-7-6-18-20-22/h6-7,10-11H,4-5,8-9H2,1-3H3,(H,17,23)/t10-,11+/m1/s1. The number of carbonyl (C=O) groups excluding carboxylic acids is 1. The summed E-state index contributed by atoms with van der Waals surface area (Å²) in [6.07, 6.45) is 6.27. The number of rotatable bonds is 4. The van der Waals surface area contributed by atoms with E-state index in [1.165, 1.54) is 0 Å². The lowest BCUT2D eigenvalue weighted by molar-refractivity contribution is -0.00903. The molecule has 0 bridgehead atoms. The average molecular weight is 330 g/mol. The first kappa shape index (κ1) is 15.3. The number of aryl methyl sites for hydroxylation is 1. The Kier molecular flexibility index (Phi) is 3.45. The van der Waals surface area contributed by atoms with Gasteiger partial charge in [0, 0.05) is 31.8 Å². The van der Waals surface area contributed by atoms with Gasteiger partial charge in [0.25, 0.3) is 5.91 Å². The molecule has 1 aliphatic heterocycles. The van der Waals surface area contributed by atoms with Crippen molar-refractivity contribution < 1.29 is 9.53 Å². The quantitative estimate of drug-likeness (QED) is 0.902. The Morgan fingerprint density at radius 1 is 1.46 bits per heavy atom. The summed E-state index contributed by atoms with van der Waals surface area (Å²) in [6, 6.07) is 0. The van der Waals surface area contributed by atoms with Crippen LogP contribution in [0.5, 0.6) is 0 Å². The van der Waals surface area contributed by atoms with Crippen LogP contribution in [0.4, 0.5) is 0 Å². The number of ether oxygens (including phenoxy) is 1. The Morgan fingerprint density at radius 2 is 2.25 bits per heavy atom. The van der Waals surface area contributed by atoms with Gasteiger partial charge in [-0.3, -0.25) is 9.48 Å². The topological polar surface area (TPSA) is 86.9 Å². The maximum Gasteiger partial charge on any atom is 0.272 e. The first-order valence-corrected chi connectivity index (χ1v) is 8.36. The summed E-state index contributed by atoms with van der Waals surface area (Å²) < 4.78 is 9.46. The molecule has 128 valence electrons. The first-order chi connectivity index (χ1) is 11.5. The molecule has 1 saturated carbocycles. The molecule has 1 N–H and O–H groups in total. The summed E-state index contributed by atoms with van der Waals surface area (Å²) in [5.74, 6) is -0.125. The van der Waals surface area contributed by atoms with Gasteiger partial charge in [-0.1, -0.05) is 5.21 Å². The van der Waals surface area contributed by atoms with Crippen LogP contribution in [0.1, 0.15) is 54.5 Å². The predicted octanol–water partition coefficient (Wildman–Crippen LogP) is 0.953. The highest BCUT2D eigenvalue weighted by molar-refractivity contribution is 5.94. The van der Waals surface area contributed by atoms with E-state index in [2.05, 4.69) is 20.7 Å². The minimum Gasteiger partial charge on any atom is -0.369 e. The van der Waals surface area contributed by atoms with E-state index in [4.69, 9.17) is 4.74 Å². The molecule has 0 spiro atoms. The van der Waals surface area contributed by atoms with Crippen molar-refractivity contribution in [2.75, 3.05) is 6.54 Å². The molecular formula is C16H22N6O2. The third-order valence-electron chi connectivity index (χ3n) is 5.04. The number of nitrogens with one attached hydrogen (secondary N) is 1. The molecule has 4 rings (SSSR count). The maximum absolute atomic E-state index is 12.7. The van der Waals surface area contributed by atoms with E-state index >= 15 is 0 Å².